The number of aliphatic hydroxyl groups excluding tert-OH is 1. The molecule has 18 nitrogen and oxygen atoms in total. The fourth-order valence-corrected chi connectivity index (χ4v) is 7.20. The standard InChI is InChI=1S/C40H43ClN10O8/c1-39(2,3)59-37(56)32-18-24-17-27(9-10-29(24)45-32)43-34(53)31(47-36(55)35(54)46-30-19-25(41)6-11-33(30)51-22-42-48-49-51)16-23-4-7-26(8-5-23)44-38(57)50-14-12-40(13-15-50)20-28(52)21-58-40/h4-11,17-19,22,28,31,45,52H,12-16,20-21H2,1-3H3,(H,43,53)(H,44,57)(H,46,54)(H,47,55)/t28?,31-/m0/s1. The van der Waals surface area contributed by atoms with Crippen molar-refractivity contribution < 1.29 is 38.6 Å². The highest BCUT2D eigenvalue weighted by Gasteiger charge is 2.43. The minimum absolute atomic E-state index is 0.0403. The zero-order chi connectivity index (χ0) is 41.9. The number of likely N-dealkylation sites (tertiary alicyclic amines) is 1. The summed E-state index contributed by atoms with van der Waals surface area (Å²) >= 11 is 6.19. The zero-order valence-electron chi connectivity index (χ0n) is 32.5. The first kappa shape index (κ1) is 40.8. The average molecular weight is 827 g/mol. The highest BCUT2D eigenvalue weighted by atomic mass is 35.5. The molecule has 0 radical (unpaired) electrons. The summed E-state index contributed by atoms with van der Waals surface area (Å²) in [5.41, 5.74) is 1.76. The number of ether oxygens (including phenoxy) is 2. The highest BCUT2D eigenvalue weighted by molar-refractivity contribution is 6.40. The molecule has 0 bridgehead atoms. The Morgan fingerprint density at radius 1 is 0.966 bits per heavy atom. The molecule has 7 rings (SSSR count). The molecule has 59 heavy (non-hydrogen) atoms. The number of carbonyl (C=O) groups excluding carboxylic acids is 5. The molecule has 5 aromatic rings. The molecule has 2 fully saturated rings. The summed E-state index contributed by atoms with van der Waals surface area (Å²) in [6, 6.07) is 16.4. The Morgan fingerprint density at radius 3 is 2.39 bits per heavy atom. The maximum atomic E-state index is 13.9. The van der Waals surface area contributed by atoms with E-state index >= 15 is 0 Å². The van der Waals surface area contributed by atoms with Crippen molar-refractivity contribution in [1.29, 1.82) is 0 Å². The summed E-state index contributed by atoms with van der Waals surface area (Å²) in [5, 5.41) is 32.7. The van der Waals surface area contributed by atoms with Crippen LogP contribution in [0.5, 0.6) is 0 Å². The number of urea groups is 1. The summed E-state index contributed by atoms with van der Waals surface area (Å²) < 4.78 is 12.6. The molecule has 5 amide bonds. The van der Waals surface area contributed by atoms with Gasteiger partial charge in [-0.25, -0.2) is 9.59 Å². The van der Waals surface area contributed by atoms with Crippen molar-refractivity contribution in [2.45, 2.75) is 69.8 Å². The molecule has 0 aliphatic carbocycles. The van der Waals surface area contributed by atoms with Gasteiger partial charge in [-0.3, -0.25) is 14.4 Å². The number of anilines is 3. The van der Waals surface area contributed by atoms with Gasteiger partial charge in [0, 0.05) is 53.2 Å². The average Bonchev–Trinajstić information content (AvgIpc) is 3.96. The van der Waals surface area contributed by atoms with Crippen LogP contribution < -0.4 is 21.3 Å². The third-order valence-electron chi connectivity index (χ3n) is 9.93. The van der Waals surface area contributed by atoms with Crippen LogP contribution in [0, 0.1) is 0 Å². The monoisotopic (exact) mass is 826 g/mol. The predicted octanol–water partition coefficient (Wildman–Crippen LogP) is 4.20. The second kappa shape index (κ2) is 16.8. The number of esters is 1. The van der Waals surface area contributed by atoms with Gasteiger partial charge in [-0.05, 0) is 104 Å². The van der Waals surface area contributed by atoms with Crippen LogP contribution >= 0.6 is 11.6 Å². The van der Waals surface area contributed by atoms with Crippen LogP contribution in [-0.2, 0) is 30.3 Å². The number of amides is 5. The number of halogens is 1. The second-order valence-electron chi connectivity index (χ2n) is 15.5. The van der Waals surface area contributed by atoms with Crippen molar-refractivity contribution >= 4 is 69.3 Å². The molecule has 6 N–H and O–H groups in total. The first-order chi connectivity index (χ1) is 28.1. The lowest BCUT2D eigenvalue weighted by atomic mass is 9.88. The summed E-state index contributed by atoms with van der Waals surface area (Å²) in [6.45, 7) is 6.58. The van der Waals surface area contributed by atoms with E-state index < -0.39 is 41.4 Å². The quantitative estimate of drug-likeness (QED) is 0.0910. The number of piperidine rings is 1. The van der Waals surface area contributed by atoms with Crippen LogP contribution in [0.1, 0.15) is 56.1 Å². The van der Waals surface area contributed by atoms with Gasteiger partial charge in [-0.2, -0.15) is 4.68 Å². The van der Waals surface area contributed by atoms with E-state index in [1.807, 2.05) is 0 Å². The molecule has 2 aliphatic heterocycles. The number of nitrogens with zero attached hydrogens (tertiary/aromatic N) is 5. The number of benzene rings is 3. The number of hydrogen-bond acceptors (Lipinski definition) is 11. The fraction of sp³-hybridized carbons (Fsp3) is 0.350. The predicted molar refractivity (Wildman–Crippen MR) is 216 cm³/mol. The Morgan fingerprint density at radius 2 is 1.71 bits per heavy atom. The molecule has 3 aromatic carbocycles. The lowest BCUT2D eigenvalue weighted by molar-refractivity contribution is -0.137. The number of tetrazole rings is 1. The van der Waals surface area contributed by atoms with E-state index in [1.54, 1.807) is 86.3 Å². The maximum Gasteiger partial charge on any atom is 0.355 e. The van der Waals surface area contributed by atoms with Gasteiger partial charge in [-0.1, -0.05) is 23.7 Å². The van der Waals surface area contributed by atoms with E-state index in [9.17, 15) is 29.1 Å². The number of fused-ring (bicyclic) bond motifs is 1. The van der Waals surface area contributed by atoms with Crippen molar-refractivity contribution in [3.8, 4) is 5.69 Å². The number of nitrogens with one attached hydrogen (secondary N) is 5. The van der Waals surface area contributed by atoms with E-state index in [0.29, 0.717) is 72.5 Å². The smallest absolute Gasteiger partial charge is 0.355 e. The van der Waals surface area contributed by atoms with Crippen LogP contribution in [0.2, 0.25) is 5.02 Å². The summed E-state index contributed by atoms with van der Waals surface area (Å²) in [4.78, 5) is 71.2. The molecule has 308 valence electrons. The maximum absolute atomic E-state index is 13.9. The minimum Gasteiger partial charge on any atom is -0.455 e. The van der Waals surface area contributed by atoms with Gasteiger partial charge in [0.25, 0.3) is 0 Å². The van der Waals surface area contributed by atoms with Gasteiger partial charge in [0.15, 0.2) is 0 Å². The molecule has 19 heteroatoms. The van der Waals surface area contributed by atoms with Crippen molar-refractivity contribution in [2.75, 3.05) is 35.6 Å². The second-order valence-corrected chi connectivity index (χ2v) is 16.0. The Bertz CT molecular complexity index is 2370. The van der Waals surface area contributed by atoms with Gasteiger partial charge in [-0.15, -0.1) is 5.10 Å². The van der Waals surface area contributed by atoms with Crippen molar-refractivity contribution in [3.05, 3.63) is 89.3 Å². The first-order valence-corrected chi connectivity index (χ1v) is 19.3. The summed E-state index contributed by atoms with van der Waals surface area (Å²) in [5.74, 6) is -3.36. The molecule has 2 atom stereocenters. The Hall–Kier alpha value is -6.37. The summed E-state index contributed by atoms with van der Waals surface area (Å²) in [7, 11) is 0. The Labute approximate surface area is 342 Å². The van der Waals surface area contributed by atoms with Gasteiger partial charge >= 0.3 is 23.8 Å². The van der Waals surface area contributed by atoms with Crippen LogP contribution in [-0.4, -0.2) is 108 Å². The van der Waals surface area contributed by atoms with Crippen LogP contribution in [0.25, 0.3) is 16.6 Å². The summed E-state index contributed by atoms with van der Waals surface area (Å²) in [6.07, 6.45) is 2.62. The fourth-order valence-electron chi connectivity index (χ4n) is 7.02. The van der Waals surface area contributed by atoms with Crippen molar-refractivity contribution in [2.24, 2.45) is 0 Å². The third-order valence-corrected chi connectivity index (χ3v) is 10.2. The molecular formula is C40H43ClN10O8. The molecule has 2 aliphatic rings. The topological polar surface area (TPSA) is 235 Å². The highest BCUT2D eigenvalue weighted by Crippen LogP contribution is 2.36. The molecule has 4 heterocycles. The zero-order valence-corrected chi connectivity index (χ0v) is 33.2. The Kier molecular flexibility index (Phi) is 11.7. The molecule has 2 saturated heterocycles. The normalized spacial score (nSPS) is 16.7. The van der Waals surface area contributed by atoms with Gasteiger partial charge in [0.05, 0.1) is 29.7 Å². The first-order valence-electron chi connectivity index (χ1n) is 18.9. The number of rotatable bonds is 9. The number of aromatic nitrogens is 5. The van der Waals surface area contributed by atoms with Crippen LogP contribution in [0.4, 0.5) is 21.9 Å². The number of carbonyl (C=O) groups is 5. The number of aromatic amines is 1. The van der Waals surface area contributed by atoms with Gasteiger partial charge < -0.3 is 45.7 Å². The molecular weight excluding hydrogens is 784 g/mol. The van der Waals surface area contributed by atoms with E-state index in [-0.39, 0.29) is 34.5 Å². The third kappa shape index (κ3) is 10.0. The molecule has 0 saturated carbocycles. The lowest BCUT2D eigenvalue weighted by Gasteiger charge is -2.38. The van der Waals surface area contributed by atoms with Crippen molar-refractivity contribution in [3.63, 3.8) is 0 Å². The lowest BCUT2D eigenvalue weighted by Crippen LogP contribution is -2.49. The number of H-pyrrole nitrogens is 1. The molecule has 2 aromatic heterocycles. The van der Waals surface area contributed by atoms with E-state index in [1.165, 1.54) is 17.1 Å². The SMILES string of the molecule is CC(C)(C)OC(=O)c1cc2cc(NC(=O)[C@H](Cc3ccc(NC(=O)N4CCC5(CC4)CC(O)CO5)cc3)NC(=O)C(=O)Nc3cc(Cl)ccc3-n3cnnn3)ccc2[nH]1. The number of hydrogen-bond donors (Lipinski definition) is 6. The minimum atomic E-state index is -1.26. The molecule has 1 spiro atoms. The van der Waals surface area contributed by atoms with Gasteiger partial charge in [0.1, 0.15) is 23.7 Å². The largest absolute Gasteiger partial charge is 0.455 e. The van der Waals surface area contributed by atoms with Gasteiger partial charge in [0.2, 0.25) is 5.91 Å². The van der Waals surface area contributed by atoms with Crippen LogP contribution in [0.15, 0.2) is 73.1 Å². The Balaban J connectivity index is 1.05. The van der Waals surface area contributed by atoms with E-state index in [4.69, 9.17) is 21.1 Å². The van der Waals surface area contributed by atoms with E-state index in [2.05, 4.69) is 41.8 Å². The van der Waals surface area contributed by atoms with Crippen molar-refractivity contribution in [1.82, 2.24) is 35.4 Å². The molecule has 1 unspecified atom stereocenters. The van der Waals surface area contributed by atoms with Crippen LogP contribution in [0.3, 0.4) is 0 Å². The van der Waals surface area contributed by atoms with E-state index in [0.717, 1.165) is 0 Å². The number of aliphatic hydroxyl groups is 1.